The Morgan fingerprint density at radius 3 is 2.57 bits per heavy atom. The average molecular weight is 411 g/mol. The Bertz CT molecular complexity index is 888. The molecule has 0 spiro atoms. The highest BCUT2D eigenvalue weighted by molar-refractivity contribution is 5.85. The largest absolute Gasteiger partial charge is 0.459 e. The molecule has 30 heavy (non-hydrogen) atoms. The van der Waals surface area contributed by atoms with E-state index in [-0.39, 0.29) is 35.2 Å². The van der Waals surface area contributed by atoms with Crippen LogP contribution in [0.1, 0.15) is 40.3 Å². The average Bonchev–Trinajstić information content (AvgIpc) is 3.24. The molecule has 0 radical (unpaired) electrons. The number of hydrogen-bond acceptors (Lipinski definition) is 6. The molecule has 0 amide bonds. The fourth-order valence-corrected chi connectivity index (χ4v) is 3.18. The van der Waals surface area contributed by atoms with Crippen LogP contribution < -0.4 is 4.74 Å². The fraction of sp³-hybridized carbons (Fsp3) is 0.458. The van der Waals surface area contributed by atoms with Crippen LogP contribution in [0.15, 0.2) is 53.7 Å². The summed E-state index contributed by atoms with van der Waals surface area (Å²) in [4.78, 5) is 22.4. The minimum Gasteiger partial charge on any atom is -0.459 e. The zero-order valence-corrected chi connectivity index (χ0v) is 18.3. The highest BCUT2D eigenvalue weighted by atomic mass is 16.6. The van der Waals surface area contributed by atoms with E-state index in [1.165, 1.54) is 0 Å². The number of esters is 1. The van der Waals surface area contributed by atoms with E-state index in [4.69, 9.17) is 14.3 Å². The molecule has 3 rings (SSSR count). The van der Waals surface area contributed by atoms with Crippen molar-refractivity contribution in [1.29, 1.82) is 0 Å². The van der Waals surface area contributed by atoms with Gasteiger partial charge in [0.15, 0.2) is 0 Å². The van der Waals surface area contributed by atoms with Gasteiger partial charge in [-0.05, 0) is 29.0 Å². The van der Waals surface area contributed by atoms with Crippen molar-refractivity contribution in [3.8, 4) is 11.6 Å². The zero-order valence-electron chi connectivity index (χ0n) is 18.3. The van der Waals surface area contributed by atoms with Crippen molar-refractivity contribution in [2.24, 2.45) is 27.8 Å². The van der Waals surface area contributed by atoms with Crippen molar-refractivity contribution in [3.05, 3.63) is 54.2 Å². The van der Waals surface area contributed by atoms with Gasteiger partial charge in [0.25, 0.3) is 0 Å². The van der Waals surface area contributed by atoms with E-state index in [0.29, 0.717) is 23.9 Å². The number of aromatic nitrogens is 1. The molecule has 1 fully saturated rings. The summed E-state index contributed by atoms with van der Waals surface area (Å²) >= 11 is 0. The molecule has 1 saturated carbocycles. The van der Waals surface area contributed by atoms with Crippen LogP contribution in [-0.2, 0) is 21.0 Å². The predicted octanol–water partition coefficient (Wildman–Crippen LogP) is 5.24. The summed E-state index contributed by atoms with van der Waals surface area (Å²) in [7, 11) is 0. The number of benzene rings is 1. The maximum atomic E-state index is 12.6. The molecular weight excluding hydrogens is 380 g/mol. The topological polar surface area (TPSA) is 70.0 Å². The number of oxime groups is 1. The van der Waals surface area contributed by atoms with Crippen molar-refractivity contribution in [3.63, 3.8) is 0 Å². The minimum atomic E-state index is -0.247. The summed E-state index contributed by atoms with van der Waals surface area (Å²) in [6.45, 7) is 10.9. The Morgan fingerprint density at radius 2 is 1.87 bits per heavy atom. The van der Waals surface area contributed by atoms with E-state index < -0.39 is 0 Å². The Balaban J connectivity index is 1.52. The number of carbonyl (C=O) groups excluding carboxylic acids is 1. The van der Waals surface area contributed by atoms with Crippen LogP contribution in [0.2, 0.25) is 0 Å². The van der Waals surface area contributed by atoms with Gasteiger partial charge in [0, 0.05) is 18.2 Å². The number of rotatable bonds is 8. The molecule has 0 saturated heterocycles. The Kier molecular flexibility index (Phi) is 6.44. The van der Waals surface area contributed by atoms with Gasteiger partial charge in [-0.15, -0.1) is 0 Å². The highest BCUT2D eigenvalue weighted by Gasteiger charge is 2.62. The van der Waals surface area contributed by atoms with Crippen LogP contribution in [0.4, 0.5) is 0 Å². The lowest BCUT2D eigenvalue weighted by Crippen LogP contribution is -2.12. The van der Waals surface area contributed by atoms with Crippen molar-refractivity contribution in [2.75, 3.05) is 6.61 Å². The van der Waals surface area contributed by atoms with Crippen LogP contribution in [0.25, 0.3) is 0 Å². The first-order chi connectivity index (χ1) is 14.2. The summed E-state index contributed by atoms with van der Waals surface area (Å²) in [5.74, 6) is 0.689. The van der Waals surface area contributed by atoms with Crippen molar-refractivity contribution < 1.29 is 19.1 Å². The first-order valence-electron chi connectivity index (χ1n) is 10.2. The SMILES string of the molecule is CC(C)(C)CON=CC1C(C(=O)OCc2cccc(Oc3ccccc3)n2)C1(C)C. The molecule has 6 nitrogen and oxygen atoms in total. The third-order valence-corrected chi connectivity index (χ3v) is 5.07. The molecular formula is C24H30N2O4. The van der Waals surface area contributed by atoms with Crippen molar-refractivity contribution in [2.45, 2.75) is 41.2 Å². The lowest BCUT2D eigenvalue weighted by atomic mass is 9.99. The predicted molar refractivity (Wildman–Crippen MR) is 115 cm³/mol. The molecule has 2 atom stereocenters. The standard InChI is InChI=1S/C24H30N2O4/c1-23(2,3)16-29-25-14-19-21(24(19,4)5)22(27)28-15-17-10-9-13-20(26-17)30-18-11-7-6-8-12-18/h6-14,19,21H,15-16H2,1-5H3. The summed E-state index contributed by atoms with van der Waals surface area (Å²) in [5, 5.41) is 4.06. The smallest absolute Gasteiger partial charge is 0.310 e. The van der Waals surface area contributed by atoms with E-state index in [9.17, 15) is 4.79 Å². The molecule has 1 aliphatic rings. The van der Waals surface area contributed by atoms with Crippen molar-refractivity contribution >= 4 is 12.2 Å². The Morgan fingerprint density at radius 1 is 1.13 bits per heavy atom. The number of pyridine rings is 1. The molecule has 0 bridgehead atoms. The van der Waals surface area contributed by atoms with Gasteiger partial charge >= 0.3 is 5.97 Å². The van der Waals surface area contributed by atoms with Gasteiger partial charge in [-0.2, -0.15) is 0 Å². The monoisotopic (exact) mass is 410 g/mol. The zero-order chi connectivity index (χ0) is 21.8. The number of carbonyl (C=O) groups is 1. The van der Waals surface area contributed by atoms with Gasteiger partial charge in [0.05, 0.1) is 11.6 Å². The lowest BCUT2D eigenvalue weighted by molar-refractivity contribution is -0.147. The summed E-state index contributed by atoms with van der Waals surface area (Å²) in [6, 6.07) is 14.8. The van der Waals surface area contributed by atoms with Crippen LogP contribution in [0, 0.1) is 22.7 Å². The number of ether oxygens (including phenoxy) is 2. The number of nitrogens with zero attached hydrogens (tertiary/aromatic N) is 2. The molecule has 0 N–H and O–H groups in total. The van der Waals surface area contributed by atoms with Gasteiger partial charge < -0.3 is 14.3 Å². The summed E-state index contributed by atoms with van der Waals surface area (Å²) in [6.07, 6.45) is 1.73. The normalized spacial score (nSPS) is 20.0. The molecule has 1 aromatic carbocycles. The first-order valence-corrected chi connectivity index (χ1v) is 10.2. The molecule has 1 heterocycles. The number of para-hydroxylation sites is 1. The van der Waals surface area contributed by atoms with Crippen molar-refractivity contribution in [1.82, 2.24) is 4.98 Å². The van der Waals surface area contributed by atoms with E-state index in [0.717, 1.165) is 0 Å². The molecule has 0 aliphatic heterocycles. The minimum absolute atomic E-state index is 0.00526. The van der Waals surface area contributed by atoms with E-state index in [1.807, 2.05) is 56.3 Å². The maximum Gasteiger partial charge on any atom is 0.310 e. The quantitative estimate of drug-likeness (QED) is 0.338. The third-order valence-electron chi connectivity index (χ3n) is 5.07. The Labute approximate surface area is 178 Å². The van der Waals surface area contributed by atoms with Crippen LogP contribution in [0.3, 0.4) is 0 Å². The maximum absolute atomic E-state index is 12.6. The molecule has 160 valence electrons. The van der Waals surface area contributed by atoms with Gasteiger partial charge in [0.1, 0.15) is 19.0 Å². The number of hydrogen-bond donors (Lipinski definition) is 0. The second-order valence-electron chi connectivity index (χ2n) is 9.40. The lowest BCUT2D eigenvalue weighted by Gasteiger charge is -2.15. The Hall–Kier alpha value is -2.89. The van der Waals surface area contributed by atoms with Gasteiger partial charge in [-0.1, -0.05) is 64.0 Å². The fourth-order valence-electron chi connectivity index (χ4n) is 3.18. The second-order valence-corrected chi connectivity index (χ2v) is 9.40. The van der Waals surface area contributed by atoms with Crippen LogP contribution in [-0.4, -0.2) is 23.8 Å². The highest BCUT2D eigenvalue weighted by Crippen LogP contribution is 2.57. The van der Waals surface area contributed by atoms with Crippen LogP contribution >= 0.6 is 0 Å². The summed E-state index contributed by atoms with van der Waals surface area (Å²) < 4.78 is 11.3. The third kappa shape index (κ3) is 5.81. The van der Waals surface area contributed by atoms with E-state index in [1.54, 1.807) is 12.3 Å². The van der Waals surface area contributed by atoms with E-state index in [2.05, 4.69) is 30.9 Å². The second kappa shape index (κ2) is 8.86. The first kappa shape index (κ1) is 21.8. The molecule has 1 aromatic heterocycles. The molecule has 1 aliphatic carbocycles. The van der Waals surface area contributed by atoms with E-state index >= 15 is 0 Å². The molecule has 2 aromatic rings. The summed E-state index contributed by atoms with van der Waals surface area (Å²) in [5.41, 5.74) is 0.478. The van der Waals surface area contributed by atoms with Gasteiger partial charge in [-0.3, -0.25) is 4.79 Å². The molecule has 2 unspecified atom stereocenters. The molecule has 6 heteroatoms. The van der Waals surface area contributed by atoms with Gasteiger partial charge in [0.2, 0.25) is 5.88 Å². The van der Waals surface area contributed by atoms with Gasteiger partial charge in [-0.25, -0.2) is 4.98 Å². The van der Waals surface area contributed by atoms with Crippen LogP contribution in [0.5, 0.6) is 11.6 Å².